The summed E-state index contributed by atoms with van der Waals surface area (Å²) in [4.78, 5) is 22.4. The fourth-order valence-electron chi connectivity index (χ4n) is 2.30. The fourth-order valence-corrected chi connectivity index (χ4v) is 2.30. The smallest absolute Gasteiger partial charge is 0.298 e. The molecule has 3 aromatic rings. The van der Waals surface area contributed by atoms with Crippen molar-refractivity contribution in [2.45, 2.75) is 6.18 Å². The van der Waals surface area contributed by atoms with Crippen molar-refractivity contribution >= 4 is 17.3 Å². The molecule has 11 heteroatoms. The van der Waals surface area contributed by atoms with Crippen molar-refractivity contribution in [1.82, 2.24) is 15.2 Å². The van der Waals surface area contributed by atoms with Crippen LogP contribution in [-0.4, -0.2) is 20.6 Å². The number of nitrogens with zero attached hydrogens (tertiary/aromatic N) is 3. The highest BCUT2D eigenvalue weighted by Crippen LogP contribution is 2.30. The van der Waals surface area contributed by atoms with Crippen molar-refractivity contribution in [1.29, 1.82) is 0 Å². The van der Waals surface area contributed by atoms with Crippen LogP contribution in [-0.2, 0) is 6.18 Å². The van der Waals surface area contributed by atoms with E-state index in [1.165, 1.54) is 47.3 Å². The van der Waals surface area contributed by atoms with Gasteiger partial charge in [-0.1, -0.05) is 12.1 Å². The molecule has 0 saturated carbocycles. The van der Waals surface area contributed by atoms with E-state index in [1.807, 2.05) is 0 Å². The molecule has 1 amide bonds. The highest BCUT2D eigenvalue weighted by molar-refractivity contribution is 5.92. The normalized spacial score (nSPS) is 11.1. The molecule has 0 aliphatic carbocycles. The summed E-state index contributed by atoms with van der Waals surface area (Å²) in [6, 6.07) is 11.3. The lowest BCUT2D eigenvalue weighted by Crippen LogP contribution is -2.29. The Morgan fingerprint density at radius 1 is 1.11 bits per heavy atom. The second-order valence-corrected chi connectivity index (χ2v) is 5.58. The van der Waals surface area contributed by atoms with Gasteiger partial charge in [-0.15, -0.1) is 0 Å². The van der Waals surface area contributed by atoms with Crippen LogP contribution in [0.4, 0.5) is 24.5 Å². The van der Waals surface area contributed by atoms with Gasteiger partial charge in [0.05, 0.1) is 21.9 Å². The fraction of sp³-hybridized carbons (Fsp3) is 0.0588. The van der Waals surface area contributed by atoms with E-state index in [4.69, 9.17) is 0 Å². The van der Waals surface area contributed by atoms with Gasteiger partial charge in [0.25, 0.3) is 11.6 Å². The van der Waals surface area contributed by atoms with Crippen molar-refractivity contribution in [3.63, 3.8) is 0 Å². The molecule has 0 spiro atoms. The number of carbonyl (C=O) groups is 1. The molecule has 1 aromatic heterocycles. The standard InChI is InChI=1S/C17H12F3N5O3/c18-17(19,20)11-3-1-4-12(9-11)21-22-16(26)15-7-8-24(23-15)13-5-2-6-14(10-13)25(27)28/h1-10,21H,(H,22,26). The minimum absolute atomic E-state index is 0.0361. The SMILES string of the molecule is O=C(NNc1cccc(C(F)(F)F)c1)c1ccn(-c2cccc([N+](=O)[O-])c2)n1. The van der Waals surface area contributed by atoms with Crippen molar-refractivity contribution in [2.24, 2.45) is 0 Å². The average Bonchev–Trinajstić information content (AvgIpc) is 3.16. The largest absolute Gasteiger partial charge is 0.416 e. The van der Waals surface area contributed by atoms with Crippen LogP contribution in [0, 0.1) is 10.1 Å². The van der Waals surface area contributed by atoms with Gasteiger partial charge in [-0.25, -0.2) is 4.68 Å². The monoisotopic (exact) mass is 391 g/mol. The number of rotatable bonds is 5. The van der Waals surface area contributed by atoms with E-state index < -0.39 is 22.6 Å². The van der Waals surface area contributed by atoms with Gasteiger partial charge in [0.15, 0.2) is 5.69 Å². The third-order valence-corrected chi connectivity index (χ3v) is 3.64. The van der Waals surface area contributed by atoms with Crippen LogP contribution in [0.3, 0.4) is 0 Å². The van der Waals surface area contributed by atoms with E-state index >= 15 is 0 Å². The molecule has 0 saturated heterocycles. The number of aromatic nitrogens is 2. The van der Waals surface area contributed by atoms with Crippen LogP contribution in [0.15, 0.2) is 60.8 Å². The molecule has 2 N–H and O–H groups in total. The maximum atomic E-state index is 12.7. The Hall–Kier alpha value is -3.89. The van der Waals surface area contributed by atoms with Crippen LogP contribution in [0.5, 0.6) is 0 Å². The van der Waals surface area contributed by atoms with E-state index in [0.717, 1.165) is 12.1 Å². The zero-order chi connectivity index (χ0) is 20.3. The lowest BCUT2D eigenvalue weighted by molar-refractivity contribution is -0.384. The van der Waals surface area contributed by atoms with Gasteiger partial charge in [0, 0.05) is 18.3 Å². The van der Waals surface area contributed by atoms with Gasteiger partial charge in [-0.05, 0) is 30.3 Å². The van der Waals surface area contributed by atoms with Gasteiger partial charge < -0.3 is 0 Å². The molecule has 1 heterocycles. The number of hydrazine groups is 1. The predicted molar refractivity (Wildman–Crippen MR) is 92.8 cm³/mol. The van der Waals surface area contributed by atoms with Crippen LogP contribution in [0.2, 0.25) is 0 Å². The van der Waals surface area contributed by atoms with Crippen LogP contribution in [0.1, 0.15) is 16.1 Å². The Labute approximate surface area is 155 Å². The quantitative estimate of drug-likeness (QED) is 0.512. The number of nitrogens with one attached hydrogen (secondary N) is 2. The summed E-state index contributed by atoms with van der Waals surface area (Å²) in [5.41, 5.74) is 4.03. The van der Waals surface area contributed by atoms with Crippen molar-refractivity contribution in [2.75, 3.05) is 5.43 Å². The summed E-state index contributed by atoms with van der Waals surface area (Å²) >= 11 is 0. The number of nitro benzene ring substituents is 1. The molecule has 2 aromatic carbocycles. The first-order valence-electron chi connectivity index (χ1n) is 7.78. The van der Waals surface area contributed by atoms with Crippen LogP contribution in [0.25, 0.3) is 5.69 Å². The summed E-state index contributed by atoms with van der Waals surface area (Å²) in [7, 11) is 0. The highest BCUT2D eigenvalue weighted by atomic mass is 19.4. The lowest BCUT2D eigenvalue weighted by atomic mass is 10.2. The number of carbonyl (C=O) groups excluding carboxylic acids is 1. The maximum absolute atomic E-state index is 12.7. The minimum Gasteiger partial charge on any atom is -0.298 e. The Morgan fingerprint density at radius 2 is 1.86 bits per heavy atom. The maximum Gasteiger partial charge on any atom is 0.416 e. The molecule has 3 rings (SSSR count). The second kappa shape index (κ2) is 7.39. The molecule has 0 aliphatic heterocycles. The van der Waals surface area contributed by atoms with Gasteiger partial charge in [-0.2, -0.15) is 18.3 Å². The van der Waals surface area contributed by atoms with Gasteiger partial charge in [-0.3, -0.25) is 25.8 Å². The van der Waals surface area contributed by atoms with E-state index in [9.17, 15) is 28.1 Å². The number of non-ortho nitro benzene ring substituents is 1. The Kier molecular flexibility index (Phi) is 4.98. The zero-order valence-corrected chi connectivity index (χ0v) is 14.0. The number of hydrogen-bond acceptors (Lipinski definition) is 5. The summed E-state index contributed by atoms with van der Waals surface area (Å²) < 4.78 is 39.4. The predicted octanol–water partition coefficient (Wildman–Crippen LogP) is 3.56. The molecule has 0 fully saturated rings. The van der Waals surface area contributed by atoms with E-state index in [1.54, 1.807) is 6.07 Å². The van der Waals surface area contributed by atoms with Crippen molar-refractivity contribution in [3.8, 4) is 5.69 Å². The number of nitro groups is 1. The van der Waals surface area contributed by atoms with E-state index in [0.29, 0.717) is 5.69 Å². The topological polar surface area (TPSA) is 102 Å². The molecular weight excluding hydrogens is 379 g/mol. The number of anilines is 1. The number of alkyl halides is 3. The molecular formula is C17H12F3N5O3. The van der Waals surface area contributed by atoms with E-state index in [2.05, 4.69) is 16.0 Å². The van der Waals surface area contributed by atoms with E-state index in [-0.39, 0.29) is 17.1 Å². The molecule has 8 nitrogen and oxygen atoms in total. The number of hydrogen-bond donors (Lipinski definition) is 2. The molecule has 0 atom stereocenters. The summed E-state index contributed by atoms with van der Waals surface area (Å²) in [6.45, 7) is 0. The molecule has 28 heavy (non-hydrogen) atoms. The lowest BCUT2D eigenvalue weighted by Gasteiger charge is -2.10. The third kappa shape index (κ3) is 4.26. The zero-order valence-electron chi connectivity index (χ0n) is 14.0. The summed E-state index contributed by atoms with van der Waals surface area (Å²) in [6.07, 6.45) is -3.07. The van der Waals surface area contributed by atoms with Crippen LogP contribution < -0.4 is 10.9 Å². The summed E-state index contributed by atoms with van der Waals surface area (Å²) in [5, 5.41) is 14.8. The molecule has 144 valence electrons. The Bertz CT molecular complexity index is 1030. The third-order valence-electron chi connectivity index (χ3n) is 3.64. The Morgan fingerprint density at radius 3 is 2.57 bits per heavy atom. The van der Waals surface area contributed by atoms with Crippen LogP contribution >= 0.6 is 0 Å². The number of amides is 1. The summed E-state index contributed by atoms with van der Waals surface area (Å²) in [5.74, 6) is -0.693. The number of benzene rings is 2. The van der Waals surface area contributed by atoms with Gasteiger partial charge in [0.1, 0.15) is 0 Å². The first-order valence-corrected chi connectivity index (χ1v) is 7.78. The number of halogens is 3. The molecule has 0 aliphatic rings. The second-order valence-electron chi connectivity index (χ2n) is 5.58. The van der Waals surface area contributed by atoms with Gasteiger partial charge >= 0.3 is 6.18 Å². The molecule has 0 radical (unpaired) electrons. The van der Waals surface area contributed by atoms with Crippen molar-refractivity contribution < 1.29 is 22.9 Å². The first kappa shape index (κ1) is 18.9. The minimum atomic E-state index is -4.50. The highest BCUT2D eigenvalue weighted by Gasteiger charge is 2.30. The van der Waals surface area contributed by atoms with Gasteiger partial charge in [0.2, 0.25) is 0 Å². The average molecular weight is 391 g/mol. The Balaban J connectivity index is 1.70. The first-order chi connectivity index (χ1) is 13.2. The molecule has 0 unspecified atom stereocenters. The molecule has 0 bridgehead atoms. The van der Waals surface area contributed by atoms with Crippen molar-refractivity contribution in [3.05, 3.63) is 82.2 Å².